The first-order valence-electron chi connectivity index (χ1n) is 6.83. The molecule has 116 valence electrons. The minimum atomic E-state index is -0.504. The number of fused-ring (bicyclic) bond motifs is 1. The zero-order chi connectivity index (χ0) is 16.2. The van der Waals surface area contributed by atoms with Gasteiger partial charge in [-0.3, -0.25) is 4.79 Å². The molecule has 2 aromatic carbocycles. The van der Waals surface area contributed by atoms with E-state index < -0.39 is 5.91 Å². The Morgan fingerprint density at radius 2 is 2.09 bits per heavy atom. The normalized spacial score (nSPS) is 11.0. The number of hydrogen-bond acceptors (Lipinski definition) is 4. The molecule has 3 rings (SSSR count). The number of methoxy groups -OCH3 is 1. The number of para-hydroxylation sites is 1. The Bertz CT molecular complexity index is 886. The van der Waals surface area contributed by atoms with Gasteiger partial charge in [-0.1, -0.05) is 24.3 Å². The number of hydrazone groups is 1. The Morgan fingerprint density at radius 3 is 2.87 bits per heavy atom. The van der Waals surface area contributed by atoms with E-state index in [0.29, 0.717) is 16.9 Å². The average molecular weight is 312 g/mol. The van der Waals surface area contributed by atoms with Crippen molar-refractivity contribution in [1.82, 2.24) is 5.43 Å². The molecule has 5 nitrogen and oxygen atoms in total. The summed E-state index contributed by atoms with van der Waals surface area (Å²) < 4.78 is 23.7. The highest BCUT2D eigenvalue weighted by Crippen LogP contribution is 2.28. The van der Waals surface area contributed by atoms with Crippen LogP contribution in [0.15, 0.2) is 58.0 Å². The summed E-state index contributed by atoms with van der Waals surface area (Å²) in [5.74, 6) is -0.216. The third-order valence-corrected chi connectivity index (χ3v) is 3.18. The summed E-state index contributed by atoms with van der Waals surface area (Å²) in [5.41, 5.74) is 3.37. The summed E-state index contributed by atoms with van der Waals surface area (Å²) >= 11 is 0. The van der Waals surface area contributed by atoms with Crippen molar-refractivity contribution in [3.8, 4) is 5.75 Å². The molecule has 1 N–H and O–H groups in total. The highest BCUT2D eigenvalue weighted by Gasteiger charge is 2.14. The number of nitrogens with one attached hydrogen (secondary N) is 1. The topological polar surface area (TPSA) is 63.8 Å². The Morgan fingerprint density at radius 1 is 1.26 bits per heavy atom. The second kappa shape index (κ2) is 6.31. The molecule has 0 saturated heterocycles. The maximum Gasteiger partial charge on any atom is 0.307 e. The Hall–Kier alpha value is -3.15. The molecular formula is C17H13FN2O3. The van der Waals surface area contributed by atoms with Gasteiger partial charge in [-0.05, 0) is 29.8 Å². The standard InChI is InChI=1S/C17H13FN2O3/c1-22-14-7-3-5-12-9-15(23-16(12)14)17(21)20-19-10-11-4-2-6-13(18)8-11/h2-10H,1H3,(H,20,21)/b19-10+. The number of benzene rings is 2. The molecule has 0 radical (unpaired) electrons. The van der Waals surface area contributed by atoms with Gasteiger partial charge in [-0.25, -0.2) is 9.82 Å². The van der Waals surface area contributed by atoms with Crippen molar-refractivity contribution in [1.29, 1.82) is 0 Å². The minimum Gasteiger partial charge on any atom is -0.493 e. The van der Waals surface area contributed by atoms with Crippen molar-refractivity contribution >= 4 is 23.1 Å². The molecule has 0 aliphatic heterocycles. The molecule has 0 unspecified atom stereocenters. The molecule has 3 aromatic rings. The number of nitrogens with zero attached hydrogens (tertiary/aromatic N) is 1. The molecule has 6 heteroatoms. The first-order valence-corrected chi connectivity index (χ1v) is 6.83. The van der Waals surface area contributed by atoms with Gasteiger partial charge in [0.25, 0.3) is 0 Å². The Balaban J connectivity index is 1.76. The maximum atomic E-state index is 13.0. The SMILES string of the molecule is COc1cccc2cc(C(=O)N/N=C/c3cccc(F)c3)oc12. The number of furan rings is 1. The number of carbonyl (C=O) groups excluding carboxylic acids is 1. The monoisotopic (exact) mass is 312 g/mol. The van der Waals surface area contributed by atoms with Gasteiger partial charge >= 0.3 is 5.91 Å². The number of amides is 1. The fourth-order valence-corrected chi connectivity index (χ4v) is 2.12. The molecule has 0 atom stereocenters. The third kappa shape index (κ3) is 3.21. The first-order chi connectivity index (χ1) is 11.2. The average Bonchev–Trinajstić information content (AvgIpc) is 2.99. The Kier molecular flexibility index (Phi) is 4.05. The van der Waals surface area contributed by atoms with Gasteiger partial charge < -0.3 is 9.15 Å². The quantitative estimate of drug-likeness (QED) is 0.593. The maximum absolute atomic E-state index is 13.0. The number of carbonyl (C=O) groups is 1. The van der Waals surface area contributed by atoms with Crippen LogP contribution < -0.4 is 10.2 Å². The van der Waals surface area contributed by atoms with E-state index in [-0.39, 0.29) is 11.6 Å². The van der Waals surface area contributed by atoms with Gasteiger partial charge in [0.2, 0.25) is 0 Å². The van der Waals surface area contributed by atoms with Crippen molar-refractivity contribution in [3.05, 3.63) is 65.7 Å². The van der Waals surface area contributed by atoms with Crippen LogP contribution in [0, 0.1) is 5.82 Å². The van der Waals surface area contributed by atoms with Crippen molar-refractivity contribution in [3.63, 3.8) is 0 Å². The highest BCUT2D eigenvalue weighted by molar-refractivity contribution is 5.97. The smallest absolute Gasteiger partial charge is 0.307 e. The Labute approximate surface area is 131 Å². The zero-order valence-electron chi connectivity index (χ0n) is 12.2. The molecular weight excluding hydrogens is 299 g/mol. The van der Waals surface area contributed by atoms with Gasteiger partial charge in [0.15, 0.2) is 17.1 Å². The molecule has 0 aliphatic rings. The largest absolute Gasteiger partial charge is 0.493 e. The summed E-state index contributed by atoms with van der Waals surface area (Å²) in [6, 6.07) is 12.8. The molecule has 23 heavy (non-hydrogen) atoms. The number of hydrogen-bond donors (Lipinski definition) is 1. The van der Waals surface area contributed by atoms with E-state index in [1.165, 1.54) is 25.5 Å². The molecule has 1 aromatic heterocycles. The molecule has 0 bridgehead atoms. The van der Waals surface area contributed by atoms with E-state index in [0.717, 1.165) is 5.39 Å². The number of halogens is 1. The van der Waals surface area contributed by atoms with Crippen molar-refractivity contribution < 1.29 is 18.3 Å². The van der Waals surface area contributed by atoms with E-state index in [1.54, 1.807) is 30.3 Å². The fourth-order valence-electron chi connectivity index (χ4n) is 2.12. The van der Waals surface area contributed by atoms with E-state index in [1.807, 2.05) is 6.07 Å². The second-order valence-electron chi connectivity index (χ2n) is 4.74. The van der Waals surface area contributed by atoms with Crippen LogP contribution >= 0.6 is 0 Å². The van der Waals surface area contributed by atoms with Crippen LogP contribution in [0.2, 0.25) is 0 Å². The predicted molar refractivity (Wildman–Crippen MR) is 84.2 cm³/mol. The summed E-state index contributed by atoms with van der Waals surface area (Å²) in [4.78, 5) is 12.0. The van der Waals surface area contributed by atoms with Gasteiger partial charge in [-0.2, -0.15) is 5.10 Å². The predicted octanol–water partition coefficient (Wildman–Crippen LogP) is 3.34. The molecule has 0 spiro atoms. The van der Waals surface area contributed by atoms with Crippen molar-refractivity contribution in [2.45, 2.75) is 0 Å². The molecule has 0 saturated carbocycles. The van der Waals surface area contributed by atoms with Crippen LogP contribution in [-0.4, -0.2) is 19.2 Å². The molecule has 1 amide bonds. The van der Waals surface area contributed by atoms with Gasteiger partial charge in [-0.15, -0.1) is 0 Å². The zero-order valence-corrected chi connectivity index (χ0v) is 12.2. The highest BCUT2D eigenvalue weighted by atomic mass is 19.1. The van der Waals surface area contributed by atoms with Gasteiger partial charge in [0.05, 0.1) is 13.3 Å². The second-order valence-corrected chi connectivity index (χ2v) is 4.74. The van der Waals surface area contributed by atoms with E-state index in [2.05, 4.69) is 10.5 Å². The summed E-state index contributed by atoms with van der Waals surface area (Å²) in [6.45, 7) is 0. The van der Waals surface area contributed by atoms with Crippen LogP contribution in [0.3, 0.4) is 0 Å². The van der Waals surface area contributed by atoms with Gasteiger partial charge in [0.1, 0.15) is 5.82 Å². The summed E-state index contributed by atoms with van der Waals surface area (Å²) in [7, 11) is 1.53. The van der Waals surface area contributed by atoms with E-state index in [4.69, 9.17) is 9.15 Å². The molecule has 1 heterocycles. The number of ether oxygens (including phenoxy) is 1. The van der Waals surface area contributed by atoms with Gasteiger partial charge in [0, 0.05) is 5.39 Å². The van der Waals surface area contributed by atoms with Crippen LogP contribution in [0.5, 0.6) is 5.75 Å². The van der Waals surface area contributed by atoms with Crippen molar-refractivity contribution in [2.75, 3.05) is 7.11 Å². The number of rotatable bonds is 4. The van der Waals surface area contributed by atoms with E-state index in [9.17, 15) is 9.18 Å². The fraction of sp³-hybridized carbons (Fsp3) is 0.0588. The van der Waals surface area contributed by atoms with Crippen molar-refractivity contribution in [2.24, 2.45) is 5.10 Å². The lowest BCUT2D eigenvalue weighted by atomic mass is 10.2. The summed E-state index contributed by atoms with van der Waals surface area (Å²) in [6.07, 6.45) is 1.35. The van der Waals surface area contributed by atoms with Crippen LogP contribution in [0.4, 0.5) is 4.39 Å². The van der Waals surface area contributed by atoms with Crippen LogP contribution in [-0.2, 0) is 0 Å². The molecule has 0 fully saturated rings. The van der Waals surface area contributed by atoms with E-state index >= 15 is 0 Å². The molecule has 0 aliphatic carbocycles. The first kappa shape index (κ1) is 14.8. The summed E-state index contributed by atoms with van der Waals surface area (Å²) in [5, 5.41) is 4.54. The van der Waals surface area contributed by atoms with Crippen LogP contribution in [0.25, 0.3) is 11.0 Å². The lowest BCUT2D eigenvalue weighted by molar-refractivity contribution is 0.0929. The lowest BCUT2D eigenvalue weighted by Gasteiger charge is -1.98. The van der Waals surface area contributed by atoms with Crippen LogP contribution in [0.1, 0.15) is 16.1 Å². The third-order valence-electron chi connectivity index (χ3n) is 3.18. The minimum absolute atomic E-state index is 0.112. The lowest BCUT2D eigenvalue weighted by Crippen LogP contribution is -2.16.